The molecular formula is C21H29Cl2N3O. The first kappa shape index (κ1) is 22.0. The van der Waals surface area contributed by atoms with E-state index in [4.69, 9.17) is 5.73 Å². The zero-order chi connectivity index (χ0) is 17.3. The maximum atomic E-state index is 12.7. The van der Waals surface area contributed by atoms with E-state index in [1.807, 2.05) is 4.90 Å². The Morgan fingerprint density at radius 1 is 0.926 bits per heavy atom. The van der Waals surface area contributed by atoms with Crippen LogP contribution < -0.4 is 5.73 Å². The highest BCUT2D eigenvalue weighted by molar-refractivity contribution is 5.87. The molecule has 1 aliphatic carbocycles. The fraction of sp³-hybridized carbons (Fsp3) is 0.476. The molecular weight excluding hydrogens is 381 g/mol. The molecule has 1 saturated carbocycles. The highest BCUT2D eigenvalue weighted by Crippen LogP contribution is 2.29. The molecule has 6 heteroatoms. The maximum absolute atomic E-state index is 12.7. The Hall–Kier alpha value is -1.33. The van der Waals surface area contributed by atoms with Gasteiger partial charge in [-0.3, -0.25) is 9.69 Å². The largest absolute Gasteiger partial charge is 0.339 e. The van der Waals surface area contributed by atoms with Gasteiger partial charge in [-0.15, -0.1) is 24.8 Å². The Morgan fingerprint density at radius 2 is 1.56 bits per heavy atom. The van der Waals surface area contributed by atoms with Gasteiger partial charge in [0.15, 0.2) is 0 Å². The molecule has 2 fully saturated rings. The monoisotopic (exact) mass is 409 g/mol. The number of piperazine rings is 1. The third-order valence-corrected chi connectivity index (χ3v) is 5.86. The van der Waals surface area contributed by atoms with Gasteiger partial charge in [0.25, 0.3) is 0 Å². The number of carbonyl (C=O) groups excluding carboxylic acids is 1. The maximum Gasteiger partial charge on any atom is 0.242 e. The predicted octanol–water partition coefficient (Wildman–Crippen LogP) is 3.60. The molecule has 4 nitrogen and oxygen atoms in total. The van der Waals surface area contributed by atoms with Gasteiger partial charge in [0.2, 0.25) is 5.91 Å². The van der Waals surface area contributed by atoms with Gasteiger partial charge in [-0.2, -0.15) is 0 Å². The van der Waals surface area contributed by atoms with Crippen molar-refractivity contribution in [3.63, 3.8) is 0 Å². The average molecular weight is 410 g/mol. The van der Waals surface area contributed by atoms with Gasteiger partial charge >= 0.3 is 0 Å². The van der Waals surface area contributed by atoms with Crippen molar-refractivity contribution in [2.75, 3.05) is 26.2 Å². The van der Waals surface area contributed by atoms with Gasteiger partial charge in [0.1, 0.15) is 0 Å². The molecule has 0 bridgehead atoms. The predicted molar refractivity (Wildman–Crippen MR) is 116 cm³/mol. The van der Waals surface area contributed by atoms with Crippen LogP contribution in [0.3, 0.4) is 0 Å². The molecule has 1 heterocycles. The Kier molecular flexibility index (Phi) is 7.52. The summed E-state index contributed by atoms with van der Waals surface area (Å²) in [6.07, 6.45) is 3.87. The Balaban J connectivity index is 0.00000131. The summed E-state index contributed by atoms with van der Waals surface area (Å²) in [5.41, 5.74) is 7.13. The lowest BCUT2D eigenvalue weighted by Crippen LogP contribution is -2.58. The number of benzene rings is 2. The molecule has 4 rings (SSSR count). The number of hydrogen-bond donors (Lipinski definition) is 1. The van der Waals surface area contributed by atoms with E-state index >= 15 is 0 Å². The molecule has 1 amide bonds. The van der Waals surface area contributed by atoms with Crippen LogP contribution in [0.4, 0.5) is 0 Å². The molecule has 0 unspecified atom stereocenters. The summed E-state index contributed by atoms with van der Waals surface area (Å²) >= 11 is 0. The van der Waals surface area contributed by atoms with Crippen molar-refractivity contribution in [1.29, 1.82) is 0 Å². The van der Waals surface area contributed by atoms with Crippen molar-refractivity contribution in [3.8, 4) is 0 Å². The zero-order valence-electron chi connectivity index (χ0n) is 15.6. The highest BCUT2D eigenvalue weighted by atomic mass is 35.5. The van der Waals surface area contributed by atoms with Gasteiger partial charge < -0.3 is 10.6 Å². The van der Waals surface area contributed by atoms with Gasteiger partial charge in [0, 0.05) is 32.7 Å². The summed E-state index contributed by atoms with van der Waals surface area (Å²) in [5, 5.41) is 2.62. The van der Waals surface area contributed by atoms with Gasteiger partial charge in [-0.25, -0.2) is 0 Å². The smallest absolute Gasteiger partial charge is 0.242 e. The minimum atomic E-state index is -0.586. The molecule has 2 N–H and O–H groups in total. The van der Waals surface area contributed by atoms with E-state index in [9.17, 15) is 4.79 Å². The average Bonchev–Trinajstić information content (AvgIpc) is 3.10. The molecule has 0 spiro atoms. The van der Waals surface area contributed by atoms with Crippen LogP contribution >= 0.6 is 24.8 Å². The number of rotatable bonds is 3. The summed E-state index contributed by atoms with van der Waals surface area (Å²) in [6, 6.07) is 15.1. The second-order valence-corrected chi connectivity index (χ2v) is 7.57. The van der Waals surface area contributed by atoms with Crippen molar-refractivity contribution < 1.29 is 4.79 Å². The van der Waals surface area contributed by atoms with Crippen LogP contribution in [0, 0.1) is 0 Å². The van der Waals surface area contributed by atoms with Crippen LogP contribution in [0.1, 0.15) is 31.2 Å². The van der Waals surface area contributed by atoms with E-state index in [-0.39, 0.29) is 30.7 Å². The van der Waals surface area contributed by atoms with E-state index in [0.717, 1.165) is 58.4 Å². The fourth-order valence-corrected chi connectivity index (χ4v) is 4.32. The van der Waals surface area contributed by atoms with Crippen LogP contribution in [-0.4, -0.2) is 47.4 Å². The van der Waals surface area contributed by atoms with Crippen LogP contribution in [0.15, 0.2) is 42.5 Å². The van der Waals surface area contributed by atoms with E-state index < -0.39 is 5.54 Å². The van der Waals surface area contributed by atoms with Crippen molar-refractivity contribution >= 4 is 41.5 Å². The number of amides is 1. The minimum absolute atomic E-state index is 0. The molecule has 2 aromatic rings. The standard InChI is InChI=1S/C21H27N3O.2ClH/c22-21(10-3-4-11-21)20(25)24-14-12-23(13-15-24)16-18-8-5-7-17-6-1-2-9-19(17)18;;/h1-2,5-9H,3-4,10-16,22H2;2*1H. The van der Waals surface area contributed by atoms with E-state index in [0.29, 0.717) is 0 Å². The molecule has 0 aromatic heterocycles. The number of hydrogen-bond acceptors (Lipinski definition) is 3. The van der Waals surface area contributed by atoms with E-state index in [1.165, 1.54) is 16.3 Å². The van der Waals surface area contributed by atoms with E-state index in [2.05, 4.69) is 47.4 Å². The van der Waals surface area contributed by atoms with Crippen LogP contribution in [0.2, 0.25) is 0 Å². The molecule has 2 aromatic carbocycles. The summed E-state index contributed by atoms with van der Waals surface area (Å²) in [6.45, 7) is 4.37. The lowest BCUT2D eigenvalue weighted by molar-refractivity contribution is -0.138. The van der Waals surface area contributed by atoms with E-state index in [1.54, 1.807) is 0 Å². The first-order valence-electron chi connectivity index (χ1n) is 9.43. The first-order chi connectivity index (χ1) is 12.2. The molecule has 2 aliphatic rings. The molecule has 1 aliphatic heterocycles. The van der Waals surface area contributed by atoms with Crippen molar-refractivity contribution in [3.05, 3.63) is 48.0 Å². The number of fused-ring (bicyclic) bond motifs is 1. The minimum Gasteiger partial charge on any atom is -0.339 e. The molecule has 27 heavy (non-hydrogen) atoms. The Bertz CT molecular complexity index is 764. The third-order valence-electron chi connectivity index (χ3n) is 5.86. The number of halogens is 2. The van der Waals surface area contributed by atoms with Crippen LogP contribution in [0.5, 0.6) is 0 Å². The summed E-state index contributed by atoms with van der Waals surface area (Å²) in [4.78, 5) is 17.2. The summed E-state index contributed by atoms with van der Waals surface area (Å²) in [5.74, 6) is 0.176. The van der Waals surface area contributed by atoms with Crippen molar-refractivity contribution in [1.82, 2.24) is 9.80 Å². The zero-order valence-corrected chi connectivity index (χ0v) is 17.2. The molecule has 148 valence electrons. The van der Waals surface area contributed by atoms with Gasteiger partial charge in [0.05, 0.1) is 5.54 Å². The second-order valence-electron chi connectivity index (χ2n) is 7.57. The molecule has 1 saturated heterocycles. The number of carbonyl (C=O) groups is 1. The molecule has 0 atom stereocenters. The molecule has 0 radical (unpaired) electrons. The third kappa shape index (κ3) is 4.57. The quantitative estimate of drug-likeness (QED) is 0.841. The van der Waals surface area contributed by atoms with Crippen molar-refractivity contribution in [2.24, 2.45) is 5.73 Å². The lowest BCUT2D eigenvalue weighted by Gasteiger charge is -2.38. The van der Waals surface area contributed by atoms with Crippen molar-refractivity contribution in [2.45, 2.75) is 37.8 Å². The lowest BCUT2D eigenvalue weighted by atomic mass is 9.96. The van der Waals surface area contributed by atoms with Crippen LogP contribution in [0.25, 0.3) is 10.8 Å². The Morgan fingerprint density at radius 3 is 2.26 bits per heavy atom. The summed E-state index contributed by atoms with van der Waals surface area (Å²) in [7, 11) is 0. The van der Waals surface area contributed by atoms with Crippen LogP contribution in [-0.2, 0) is 11.3 Å². The SMILES string of the molecule is Cl.Cl.NC1(C(=O)N2CCN(Cc3cccc4ccccc34)CC2)CCCC1. The second kappa shape index (κ2) is 9.24. The number of nitrogens with two attached hydrogens (primary N) is 1. The number of nitrogens with zero attached hydrogens (tertiary/aromatic N) is 2. The normalized spacial score (nSPS) is 19.4. The summed E-state index contributed by atoms with van der Waals surface area (Å²) < 4.78 is 0. The Labute approximate surface area is 173 Å². The highest BCUT2D eigenvalue weighted by Gasteiger charge is 2.40. The van der Waals surface area contributed by atoms with Gasteiger partial charge in [-0.05, 0) is 29.2 Å². The fourth-order valence-electron chi connectivity index (χ4n) is 4.32. The topological polar surface area (TPSA) is 49.6 Å². The first-order valence-corrected chi connectivity index (χ1v) is 9.43. The van der Waals surface area contributed by atoms with Gasteiger partial charge in [-0.1, -0.05) is 55.3 Å².